The summed E-state index contributed by atoms with van der Waals surface area (Å²) in [6, 6.07) is 8.86. The number of carbonyl (C=O) groups is 1. The number of rotatable bonds is 2. The molecule has 1 aliphatic heterocycles. The van der Waals surface area contributed by atoms with Gasteiger partial charge in [0.25, 0.3) is 0 Å². The number of hydrogen-bond donors (Lipinski definition) is 3. The number of fused-ring (bicyclic) bond motifs is 2. The lowest BCUT2D eigenvalue weighted by Gasteiger charge is -2.18. The van der Waals surface area contributed by atoms with Crippen LogP contribution in [0, 0.1) is 0 Å². The quantitative estimate of drug-likeness (QED) is 0.670. The SMILES string of the molecule is O=C(O)C1NCCc2[nH]c(-c3cc4ccccc4o3)nc21. The molecule has 6 heteroatoms. The van der Waals surface area contributed by atoms with Gasteiger partial charge in [-0.1, -0.05) is 18.2 Å². The van der Waals surface area contributed by atoms with Crippen molar-refractivity contribution in [2.24, 2.45) is 0 Å². The minimum atomic E-state index is -0.918. The van der Waals surface area contributed by atoms with E-state index in [9.17, 15) is 9.90 Å². The highest BCUT2D eigenvalue weighted by atomic mass is 16.4. The van der Waals surface area contributed by atoms with E-state index in [4.69, 9.17) is 4.42 Å². The summed E-state index contributed by atoms with van der Waals surface area (Å²) in [5, 5.41) is 13.2. The zero-order valence-electron chi connectivity index (χ0n) is 11.1. The molecular formula is C15H13N3O3. The third kappa shape index (κ3) is 1.92. The zero-order valence-corrected chi connectivity index (χ0v) is 11.1. The van der Waals surface area contributed by atoms with Crippen LogP contribution in [0.2, 0.25) is 0 Å². The lowest BCUT2D eigenvalue weighted by atomic mass is 10.1. The van der Waals surface area contributed by atoms with Gasteiger partial charge in [-0.15, -0.1) is 0 Å². The Bertz CT molecular complexity index is 801. The molecule has 1 unspecified atom stereocenters. The van der Waals surface area contributed by atoms with Crippen LogP contribution in [0.1, 0.15) is 17.4 Å². The van der Waals surface area contributed by atoms with Crippen molar-refractivity contribution in [3.63, 3.8) is 0 Å². The maximum atomic E-state index is 11.3. The van der Waals surface area contributed by atoms with Crippen LogP contribution in [0.15, 0.2) is 34.7 Å². The summed E-state index contributed by atoms with van der Waals surface area (Å²) >= 11 is 0. The van der Waals surface area contributed by atoms with Gasteiger partial charge in [0.05, 0.1) is 5.69 Å². The second kappa shape index (κ2) is 4.46. The van der Waals surface area contributed by atoms with Crippen LogP contribution in [-0.2, 0) is 11.2 Å². The smallest absolute Gasteiger partial charge is 0.327 e. The number of nitrogens with zero attached hydrogens (tertiary/aromatic N) is 1. The van der Waals surface area contributed by atoms with Gasteiger partial charge in [-0.2, -0.15) is 0 Å². The number of carboxylic acid groups (broad SMARTS) is 1. The highest BCUT2D eigenvalue weighted by molar-refractivity contribution is 5.82. The standard InChI is InChI=1S/C15H13N3O3/c19-15(20)13-12-9(5-6-16-13)17-14(18-12)11-7-8-3-1-2-4-10(8)21-11/h1-4,7,13,16H,5-6H2,(H,17,18)(H,19,20). The predicted molar refractivity (Wildman–Crippen MR) is 75.9 cm³/mol. The van der Waals surface area contributed by atoms with Crippen molar-refractivity contribution >= 4 is 16.9 Å². The fourth-order valence-electron chi connectivity index (χ4n) is 2.71. The summed E-state index contributed by atoms with van der Waals surface area (Å²) in [7, 11) is 0. The van der Waals surface area contributed by atoms with E-state index in [1.54, 1.807) is 0 Å². The average Bonchev–Trinajstić information content (AvgIpc) is 3.09. The van der Waals surface area contributed by atoms with Gasteiger partial charge >= 0.3 is 5.97 Å². The van der Waals surface area contributed by atoms with Crippen LogP contribution in [0.3, 0.4) is 0 Å². The Hall–Kier alpha value is -2.60. The Morgan fingerprint density at radius 2 is 2.24 bits per heavy atom. The van der Waals surface area contributed by atoms with Crippen molar-refractivity contribution in [3.05, 3.63) is 41.7 Å². The van der Waals surface area contributed by atoms with E-state index in [0.29, 0.717) is 23.8 Å². The third-order valence-electron chi connectivity index (χ3n) is 3.71. The van der Waals surface area contributed by atoms with E-state index in [-0.39, 0.29) is 0 Å². The number of aromatic nitrogens is 2. The molecular weight excluding hydrogens is 270 g/mol. The first-order valence-electron chi connectivity index (χ1n) is 6.76. The molecule has 0 radical (unpaired) electrons. The van der Waals surface area contributed by atoms with Gasteiger partial charge in [-0.25, -0.2) is 4.98 Å². The fraction of sp³-hybridized carbons (Fsp3) is 0.200. The molecule has 4 rings (SSSR count). The van der Waals surface area contributed by atoms with Crippen molar-refractivity contribution in [1.29, 1.82) is 0 Å². The first-order valence-corrected chi connectivity index (χ1v) is 6.76. The molecule has 0 amide bonds. The van der Waals surface area contributed by atoms with E-state index in [2.05, 4.69) is 15.3 Å². The Balaban J connectivity index is 1.81. The van der Waals surface area contributed by atoms with E-state index < -0.39 is 12.0 Å². The third-order valence-corrected chi connectivity index (χ3v) is 3.71. The molecule has 0 spiro atoms. The van der Waals surface area contributed by atoms with Crippen molar-refractivity contribution in [2.75, 3.05) is 6.54 Å². The average molecular weight is 283 g/mol. The van der Waals surface area contributed by atoms with Gasteiger partial charge in [0.2, 0.25) is 0 Å². The molecule has 21 heavy (non-hydrogen) atoms. The summed E-state index contributed by atoms with van der Waals surface area (Å²) in [5.41, 5.74) is 2.19. The van der Waals surface area contributed by atoms with Crippen LogP contribution in [0.5, 0.6) is 0 Å². The number of imidazole rings is 1. The number of aromatic amines is 1. The molecule has 2 aromatic heterocycles. The minimum Gasteiger partial charge on any atom is -0.480 e. The van der Waals surface area contributed by atoms with Crippen molar-refractivity contribution in [2.45, 2.75) is 12.5 Å². The first kappa shape index (κ1) is 12.2. The highest BCUT2D eigenvalue weighted by Crippen LogP contribution is 2.29. The molecule has 6 nitrogen and oxygen atoms in total. The predicted octanol–water partition coefficient (Wildman–Crippen LogP) is 2.09. The van der Waals surface area contributed by atoms with Crippen LogP contribution < -0.4 is 5.32 Å². The number of para-hydroxylation sites is 1. The second-order valence-electron chi connectivity index (χ2n) is 5.07. The van der Waals surface area contributed by atoms with E-state index in [1.807, 2.05) is 30.3 Å². The van der Waals surface area contributed by atoms with Gasteiger partial charge in [0.15, 0.2) is 17.6 Å². The highest BCUT2D eigenvalue weighted by Gasteiger charge is 2.30. The summed E-state index contributed by atoms with van der Waals surface area (Å²) in [6.45, 7) is 0.617. The molecule has 3 heterocycles. The molecule has 3 N–H and O–H groups in total. The van der Waals surface area contributed by atoms with Crippen molar-refractivity contribution < 1.29 is 14.3 Å². The van der Waals surface area contributed by atoms with Gasteiger partial charge in [0.1, 0.15) is 5.58 Å². The molecule has 1 aromatic carbocycles. The van der Waals surface area contributed by atoms with Crippen LogP contribution in [-0.4, -0.2) is 27.6 Å². The first-order chi connectivity index (χ1) is 10.2. The molecule has 0 bridgehead atoms. The summed E-state index contributed by atoms with van der Waals surface area (Å²) in [6.07, 6.45) is 0.729. The normalized spacial score (nSPS) is 17.8. The van der Waals surface area contributed by atoms with E-state index in [1.165, 1.54) is 0 Å². The van der Waals surface area contributed by atoms with Crippen LogP contribution >= 0.6 is 0 Å². The van der Waals surface area contributed by atoms with E-state index >= 15 is 0 Å². The Morgan fingerprint density at radius 3 is 3.05 bits per heavy atom. The summed E-state index contributed by atoms with van der Waals surface area (Å²) in [4.78, 5) is 18.9. The monoisotopic (exact) mass is 283 g/mol. The zero-order chi connectivity index (χ0) is 14.4. The number of aliphatic carboxylic acids is 1. The van der Waals surface area contributed by atoms with Gasteiger partial charge in [-0.3, -0.25) is 10.1 Å². The number of hydrogen-bond acceptors (Lipinski definition) is 4. The number of H-pyrrole nitrogens is 1. The number of benzene rings is 1. The second-order valence-corrected chi connectivity index (χ2v) is 5.07. The fourth-order valence-corrected chi connectivity index (χ4v) is 2.71. The van der Waals surface area contributed by atoms with Crippen LogP contribution in [0.4, 0.5) is 0 Å². The van der Waals surface area contributed by atoms with Gasteiger partial charge in [0, 0.05) is 24.0 Å². The Morgan fingerprint density at radius 1 is 1.38 bits per heavy atom. The molecule has 0 aliphatic carbocycles. The Kier molecular flexibility index (Phi) is 2.58. The van der Waals surface area contributed by atoms with Crippen molar-refractivity contribution in [3.8, 4) is 11.6 Å². The number of furan rings is 1. The van der Waals surface area contributed by atoms with Crippen molar-refractivity contribution in [1.82, 2.24) is 15.3 Å². The lowest BCUT2D eigenvalue weighted by molar-refractivity contribution is -0.139. The molecule has 3 aromatic rings. The maximum Gasteiger partial charge on any atom is 0.327 e. The van der Waals surface area contributed by atoms with Crippen LogP contribution in [0.25, 0.3) is 22.6 Å². The largest absolute Gasteiger partial charge is 0.480 e. The molecule has 1 atom stereocenters. The topological polar surface area (TPSA) is 91.2 Å². The molecule has 0 fully saturated rings. The Labute approximate surface area is 119 Å². The van der Waals surface area contributed by atoms with E-state index in [0.717, 1.165) is 23.1 Å². The number of nitrogens with one attached hydrogen (secondary N) is 2. The number of carboxylic acids is 1. The van der Waals surface area contributed by atoms with Gasteiger partial charge < -0.3 is 14.5 Å². The lowest BCUT2D eigenvalue weighted by Crippen LogP contribution is -2.35. The maximum absolute atomic E-state index is 11.3. The van der Waals surface area contributed by atoms with Gasteiger partial charge in [-0.05, 0) is 12.1 Å². The summed E-state index contributed by atoms with van der Waals surface area (Å²) < 4.78 is 5.77. The molecule has 1 aliphatic rings. The summed E-state index contributed by atoms with van der Waals surface area (Å²) in [5.74, 6) is 0.277. The molecule has 0 saturated heterocycles. The molecule has 106 valence electrons. The molecule has 0 saturated carbocycles. The minimum absolute atomic E-state index is 0.546.